The summed E-state index contributed by atoms with van der Waals surface area (Å²) in [5, 5.41) is 11.4. The predicted octanol–water partition coefficient (Wildman–Crippen LogP) is 14.6. The van der Waals surface area contributed by atoms with Gasteiger partial charge in [0.15, 0.2) is 31.8 Å². The summed E-state index contributed by atoms with van der Waals surface area (Å²) in [7, 11) is 0. The van der Waals surface area contributed by atoms with Crippen LogP contribution in [0.4, 0.5) is 31.1 Å². The first-order chi connectivity index (χ1) is 55.9. The number of carbonyl (C=O) groups excluding carboxylic acids is 7. The molecule has 0 bridgehead atoms. The molecule has 0 atom stereocenters. The first kappa shape index (κ1) is 80.5. The van der Waals surface area contributed by atoms with E-state index in [4.69, 9.17) is 35.2 Å². The van der Waals surface area contributed by atoms with Crippen molar-refractivity contribution in [1.29, 1.82) is 0 Å². The van der Waals surface area contributed by atoms with Crippen LogP contribution in [0.1, 0.15) is 229 Å². The molecular formula is C81H80BrF6N13O13S3. The van der Waals surface area contributed by atoms with Gasteiger partial charge in [-0.3, -0.25) is 42.1 Å². The number of allylic oxidation sites excluding steroid dienone is 4. The maximum Gasteiger partial charge on any atom is 0.450 e. The number of esters is 1. The number of hydrogen-bond acceptors (Lipinski definition) is 21. The van der Waals surface area contributed by atoms with Crippen LogP contribution < -0.4 is 47.2 Å². The van der Waals surface area contributed by atoms with Gasteiger partial charge in [0.2, 0.25) is 29.3 Å². The Labute approximate surface area is 684 Å². The van der Waals surface area contributed by atoms with Gasteiger partial charge >= 0.3 is 24.4 Å². The average Bonchev–Trinajstić information content (AvgIpc) is 1.74. The molecular weight excluding hydrogens is 1650 g/mol. The highest BCUT2D eigenvalue weighted by molar-refractivity contribution is 9.10. The Kier molecular flexibility index (Phi) is 22.1. The van der Waals surface area contributed by atoms with Crippen molar-refractivity contribution < 1.29 is 83.6 Å². The summed E-state index contributed by atoms with van der Waals surface area (Å²) in [6, 6.07) is 19.7. The number of primary amides is 2. The van der Waals surface area contributed by atoms with Crippen LogP contribution in [0.25, 0.3) is 16.7 Å². The summed E-state index contributed by atoms with van der Waals surface area (Å²) in [6.07, 6.45) is 17.3. The molecule has 10 aliphatic rings. The van der Waals surface area contributed by atoms with Crippen molar-refractivity contribution in [2.45, 2.75) is 202 Å². The van der Waals surface area contributed by atoms with Crippen molar-refractivity contribution in [3.63, 3.8) is 0 Å². The Morgan fingerprint density at radius 2 is 0.983 bits per heavy atom. The topological polar surface area (TPSA) is 349 Å². The summed E-state index contributed by atoms with van der Waals surface area (Å²) in [5.74, 6) is -2.65. The monoisotopic (exact) mass is 1730 g/mol. The van der Waals surface area contributed by atoms with E-state index in [1.807, 2.05) is 42.5 Å². The van der Waals surface area contributed by atoms with Gasteiger partial charge in [-0.1, -0.05) is 54.6 Å². The van der Waals surface area contributed by atoms with Crippen LogP contribution in [0.15, 0.2) is 125 Å². The zero-order valence-electron chi connectivity index (χ0n) is 62.9. The van der Waals surface area contributed by atoms with E-state index in [1.54, 1.807) is 31.2 Å². The normalized spacial score (nSPS) is 24.4. The van der Waals surface area contributed by atoms with E-state index < -0.39 is 53.2 Å². The molecule has 36 heteroatoms. The Morgan fingerprint density at radius 3 is 1.40 bits per heavy atom. The average molecular weight is 1730 g/mol. The van der Waals surface area contributed by atoms with Crippen LogP contribution in [0, 0.1) is 16.2 Å². The van der Waals surface area contributed by atoms with Crippen molar-refractivity contribution in [3.05, 3.63) is 189 Å². The number of amides is 5. The molecule has 26 nitrogen and oxygen atoms in total. The number of alkyl carbamates (subject to hydrolysis) is 1. The molecule has 19 rings (SSSR count). The number of ether oxygens (including phenoxy) is 5. The van der Waals surface area contributed by atoms with Gasteiger partial charge in [0, 0.05) is 71.4 Å². The SMILES string of the molecule is CCOC(=O)c1sc(C2CC2)nc1OC1CC2(CC(NC(=O)OCc3ccccc3)C2)C1.NC(=O)c1sc(C2CC2)nc1OC1CC2(CC(NC(=O)c3nc(C(F)(F)F)n4cc(-n5ccccc5=O)ccc34)C2)C1.NC(=O)c1sc(C2CC2)nc1OC1CC2(CC(NC(=O)c3nc(C(F)(F)F)n4cc(Br)ccc34)C2)C1.O=C1C=CC=CC1. The maximum absolute atomic E-state index is 13.9. The van der Waals surface area contributed by atoms with E-state index in [0.29, 0.717) is 93.2 Å². The molecule has 8 heterocycles. The standard InChI is InChI=1S/C28H25F3N6O4S.C24H28N2O5S.C23H21BrF3N5O3S.C6H6O/c29-28(30,31)26-34-20(18-7-6-16(13-37(18)26)36-8-2-1-3-19(36)38)23(40)33-15-9-27(10-15)11-17(12-27)41-24-21(22(32)39)42-25(35-24)14-4-5-14;1-2-29-22(27)19-20(26-21(32-19)16-8-9-16)31-18-12-24(13-18)10-17(11-24)25-23(28)30-14-15-6-4-3-5-7-15;24-11-3-4-14-15(30-21(23(25,26)27)32(14)9-11)18(34)29-12-5-22(6-12)7-13(8-22)35-19-16(17(28)33)36-20(31-19)10-1-2-10;7-6-4-2-1-3-5-6/h1-3,6-8,13-15,17H,4-5,9-12H2,(H2,32,39)(H,33,40);3-7,16-18H,2,8-14H2,1H3,(H,25,28);3-4,9-10,12-13H,1-2,5-8H2,(H2,28,33)(H,29,34);1-4H,5H2. The zero-order chi connectivity index (χ0) is 82.0. The van der Waals surface area contributed by atoms with Crippen LogP contribution >= 0.6 is 49.9 Å². The van der Waals surface area contributed by atoms with Crippen molar-refractivity contribution in [1.82, 2.24) is 54.2 Å². The van der Waals surface area contributed by atoms with E-state index in [9.17, 15) is 64.7 Å². The predicted molar refractivity (Wildman–Crippen MR) is 419 cm³/mol. The number of carbonyl (C=O) groups is 7. The Hall–Kier alpha value is -10.3. The highest BCUT2D eigenvalue weighted by Gasteiger charge is 2.58. The van der Waals surface area contributed by atoms with Crippen molar-refractivity contribution in [2.75, 3.05) is 6.61 Å². The summed E-state index contributed by atoms with van der Waals surface area (Å²) in [5.41, 5.74) is 11.5. The van der Waals surface area contributed by atoms with Crippen LogP contribution in [0.3, 0.4) is 0 Å². The largest absolute Gasteiger partial charge is 0.473 e. The lowest BCUT2D eigenvalue weighted by molar-refractivity contribution is -0.146. The third kappa shape index (κ3) is 17.9. The molecule has 9 aromatic rings. The second-order valence-electron chi connectivity index (χ2n) is 31.9. The molecule has 614 valence electrons. The smallest absolute Gasteiger partial charge is 0.450 e. The number of nitrogens with two attached hydrogens (primary N) is 2. The summed E-state index contributed by atoms with van der Waals surface area (Å²) < 4.78 is 114. The van der Waals surface area contributed by atoms with Crippen molar-refractivity contribution >= 4 is 102 Å². The zero-order valence-corrected chi connectivity index (χ0v) is 67.0. The lowest BCUT2D eigenvalue weighted by Crippen LogP contribution is -2.58. The molecule has 117 heavy (non-hydrogen) atoms. The van der Waals surface area contributed by atoms with E-state index in [1.165, 1.54) is 81.3 Å². The number of aromatic nitrogens is 8. The molecule has 9 saturated carbocycles. The van der Waals surface area contributed by atoms with Gasteiger partial charge < -0.3 is 51.1 Å². The number of ketones is 1. The Bertz CT molecular complexity index is 5470. The van der Waals surface area contributed by atoms with Gasteiger partial charge in [0.25, 0.3) is 29.2 Å². The number of nitrogens with zero attached hydrogens (tertiary/aromatic N) is 8. The number of thiazole rings is 3. The number of alkyl halides is 6. The van der Waals surface area contributed by atoms with Crippen LogP contribution in [0.5, 0.6) is 17.6 Å². The fourth-order valence-electron chi connectivity index (χ4n) is 16.6. The lowest BCUT2D eigenvalue weighted by atomic mass is 9.53. The molecule has 10 aliphatic carbocycles. The number of imidazole rings is 2. The molecule has 1 aromatic carbocycles. The number of hydrogen-bond donors (Lipinski definition) is 5. The number of rotatable bonds is 21. The second-order valence-corrected chi connectivity index (χ2v) is 35.9. The fraction of sp³-hybridized carbons (Fsp3) is 0.444. The van der Waals surface area contributed by atoms with Crippen LogP contribution in [-0.2, 0) is 33.2 Å². The van der Waals surface area contributed by atoms with Gasteiger partial charge in [-0.15, -0.1) is 34.0 Å². The van der Waals surface area contributed by atoms with Gasteiger partial charge in [-0.2, -0.15) is 26.3 Å². The molecule has 8 aromatic heterocycles. The third-order valence-electron chi connectivity index (χ3n) is 22.7. The molecule has 7 N–H and O–H groups in total. The first-order valence-corrected chi connectivity index (χ1v) is 41.9. The fourth-order valence-corrected chi connectivity index (χ4v) is 20.1. The van der Waals surface area contributed by atoms with Crippen molar-refractivity contribution in [2.24, 2.45) is 27.7 Å². The molecule has 9 fully saturated rings. The minimum atomic E-state index is -4.83. The lowest BCUT2D eigenvalue weighted by Gasteiger charge is -2.57. The molecule has 0 saturated heterocycles. The van der Waals surface area contributed by atoms with Gasteiger partial charge in [-0.25, -0.2) is 34.5 Å². The van der Waals surface area contributed by atoms with E-state index in [0.717, 1.165) is 125 Å². The minimum Gasteiger partial charge on any atom is -0.473 e. The summed E-state index contributed by atoms with van der Waals surface area (Å²) in [6.45, 7) is 2.42. The van der Waals surface area contributed by atoms with Crippen LogP contribution in [0.2, 0.25) is 0 Å². The Morgan fingerprint density at radius 1 is 0.538 bits per heavy atom. The highest BCUT2D eigenvalue weighted by Crippen LogP contribution is 2.60. The number of halogens is 7. The maximum atomic E-state index is 13.9. The molecule has 0 radical (unpaired) electrons. The quantitative estimate of drug-likeness (QED) is 0.0329. The number of fused-ring (bicyclic) bond motifs is 2. The highest BCUT2D eigenvalue weighted by atomic mass is 79.9. The van der Waals surface area contributed by atoms with E-state index in [2.05, 4.69) is 56.8 Å². The summed E-state index contributed by atoms with van der Waals surface area (Å²) >= 11 is 7.17. The summed E-state index contributed by atoms with van der Waals surface area (Å²) in [4.78, 5) is 119. The second kappa shape index (κ2) is 32.2. The van der Waals surface area contributed by atoms with E-state index in [-0.39, 0.29) is 105 Å². The van der Waals surface area contributed by atoms with E-state index >= 15 is 0 Å². The van der Waals surface area contributed by atoms with Gasteiger partial charge in [0.1, 0.15) is 39.9 Å². The number of nitrogens with one attached hydrogen (secondary N) is 3. The molecule has 0 aliphatic heterocycles. The Balaban J connectivity index is 0.000000127. The van der Waals surface area contributed by atoms with Crippen molar-refractivity contribution in [3.8, 4) is 23.3 Å². The van der Waals surface area contributed by atoms with Crippen LogP contribution in [-0.4, -0.2) is 123 Å². The molecule has 3 spiro atoms. The van der Waals surface area contributed by atoms with Gasteiger partial charge in [-0.05, 0) is 197 Å². The third-order valence-corrected chi connectivity index (χ3v) is 26.8. The van der Waals surface area contributed by atoms with Gasteiger partial charge in [0.05, 0.1) is 23.3 Å². The molecule has 0 unspecified atom stereocenters. The number of benzene rings is 1. The first-order valence-electron chi connectivity index (χ1n) is 38.7. The molecule has 5 amide bonds. The minimum absolute atomic E-state index is 0.0159. The number of pyridine rings is 3.